The molecule has 8 nitrogen and oxygen atoms in total. The summed E-state index contributed by atoms with van der Waals surface area (Å²) in [6.45, 7) is 4.00. The third kappa shape index (κ3) is 6.56. The fourth-order valence-electron chi connectivity index (χ4n) is 3.88. The largest absolute Gasteiger partial charge is 0.285 e. The molecule has 39 heavy (non-hydrogen) atoms. The number of H-pyrrole nitrogens is 1. The smallest absolute Gasteiger partial charge is 0.255 e. The van der Waals surface area contributed by atoms with Gasteiger partial charge in [-0.05, 0) is 36.4 Å². The van der Waals surface area contributed by atoms with E-state index in [-0.39, 0.29) is 11.1 Å². The molecule has 196 valence electrons. The molecule has 0 radical (unpaired) electrons. The minimum atomic E-state index is -0.0477. The van der Waals surface area contributed by atoms with E-state index in [9.17, 15) is 9.59 Å². The van der Waals surface area contributed by atoms with Crippen molar-refractivity contribution in [3.8, 4) is 33.6 Å². The number of hydrogen-bond donors (Lipinski definition) is 1. The van der Waals surface area contributed by atoms with Crippen LogP contribution in [0.15, 0.2) is 132 Å². The van der Waals surface area contributed by atoms with E-state index in [1.807, 2.05) is 106 Å². The highest BCUT2D eigenvalue weighted by molar-refractivity contribution is 5.61. The lowest BCUT2D eigenvalue weighted by atomic mass is 10.1. The molecule has 0 spiro atoms. The summed E-state index contributed by atoms with van der Waals surface area (Å²) in [5, 5.41) is 10.8. The summed E-state index contributed by atoms with van der Waals surface area (Å²) in [4.78, 5) is 23.8. The van der Waals surface area contributed by atoms with Gasteiger partial charge in [0.05, 0.1) is 12.4 Å². The van der Waals surface area contributed by atoms with Crippen LogP contribution in [0, 0.1) is 0 Å². The van der Waals surface area contributed by atoms with Gasteiger partial charge in [-0.15, -0.1) is 0 Å². The molecule has 0 saturated heterocycles. The van der Waals surface area contributed by atoms with Crippen molar-refractivity contribution < 1.29 is 0 Å². The number of hydrogen-bond acceptors (Lipinski definition) is 4. The van der Waals surface area contributed by atoms with Crippen LogP contribution >= 0.6 is 0 Å². The van der Waals surface area contributed by atoms with Crippen molar-refractivity contribution in [2.24, 2.45) is 7.05 Å². The van der Waals surface area contributed by atoms with E-state index in [0.717, 1.165) is 33.6 Å². The normalized spacial score (nSPS) is 10.1. The molecule has 6 aromatic rings. The monoisotopic (exact) mass is 518 g/mol. The minimum absolute atomic E-state index is 0.0427. The molecule has 4 heterocycles. The maximum absolute atomic E-state index is 12.0. The van der Waals surface area contributed by atoms with Gasteiger partial charge in [0.25, 0.3) is 11.1 Å². The van der Waals surface area contributed by atoms with Crippen LogP contribution in [0.2, 0.25) is 0 Å². The second-order valence-electron chi connectivity index (χ2n) is 8.31. The molecule has 0 aliphatic heterocycles. The van der Waals surface area contributed by atoms with Crippen LogP contribution in [0.4, 0.5) is 0 Å². The van der Waals surface area contributed by atoms with Crippen LogP contribution in [0.5, 0.6) is 0 Å². The minimum Gasteiger partial charge on any atom is -0.285 e. The average molecular weight is 519 g/mol. The zero-order valence-corrected chi connectivity index (χ0v) is 22.1. The summed E-state index contributed by atoms with van der Waals surface area (Å²) in [5.41, 5.74) is 5.49. The molecule has 0 fully saturated rings. The molecule has 4 aromatic heterocycles. The molecule has 8 heteroatoms. The Hall–Kier alpha value is -5.24. The lowest BCUT2D eigenvalue weighted by molar-refractivity contribution is 0.768. The van der Waals surface area contributed by atoms with Crippen LogP contribution in [-0.2, 0) is 7.05 Å². The van der Waals surface area contributed by atoms with Gasteiger partial charge in [0, 0.05) is 77.6 Å². The Balaban J connectivity index is 0.000000170. The highest BCUT2D eigenvalue weighted by Gasteiger charge is 2.05. The van der Waals surface area contributed by atoms with Gasteiger partial charge in [-0.2, -0.15) is 10.2 Å². The Bertz CT molecular complexity index is 1720. The number of aromatic amines is 1. The second-order valence-corrected chi connectivity index (χ2v) is 8.31. The number of rotatable bonds is 4. The Labute approximate surface area is 226 Å². The van der Waals surface area contributed by atoms with E-state index in [4.69, 9.17) is 0 Å². The van der Waals surface area contributed by atoms with Crippen LogP contribution in [0.3, 0.4) is 0 Å². The van der Waals surface area contributed by atoms with E-state index in [0.29, 0.717) is 0 Å². The molecule has 0 amide bonds. The predicted molar refractivity (Wildman–Crippen MR) is 155 cm³/mol. The molecule has 0 aliphatic carbocycles. The van der Waals surface area contributed by atoms with Crippen molar-refractivity contribution in [2.45, 2.75) is 13.8 Å². The number of benzene rings is 2. The summed E-state index contributed by atoms with van der Waals surface area (Å²) < 4.78 is 5.01. The number of nitrogens with zero attached hydrogens (tertiary/aromatic N) is 5. The molecular formula is C31H30N6O2. The Kier molecular flexibility index (Phi) is 8.82. The zero-order valence-electron chi connectivity index (χ0n) is 22.1. The van der Waals surface area contributed by atoms with Crippen molar-refractivity contribution in [1.29, 1.82) is 0 Å². The molecule has 0 bridgehead atoms. The third-order valence-electron chi connectivity index (χ3n) is 5.76. The van der Waals surface area contributed by atoms with E-state index >= 15 is 0 Å². The van der Waals surface area contributed by atoms with E-state index in [1.54, 1.807) is 50.6 Å². The lowest BCUT2D eigenvalue weighted by Crippen LogP contribution is -2.16. The molecule has 2 aromatic carbocycles. The maximum Gasteiger partial charge on any atom is 0.255 e. The van der Waals surface area contributed by atoms with Gasteiger partial charge in [0.15, 0.2) is 0 Å². The highest BCUT2D eigenvalue weighted by Crippen LogP contribution is 2.18. The fraction of sp³-hybridized carbons (Fsp3) is 0.0968. The number of nitrogens with one attached hydrogen (secondary N) is 1. The molecule has 0 saturated carbocycles. The Morgan fingerprint density at radius 2 is 1.10 bits per heavy atom. The van der Waals surface area contributed by atoms with Gasteiger partial charge >= 0.3 is 0 Å². The van der Waals surface area contributed by atoms with Crippen molar-refractivity contribution in [2.75, 3.05) is 0 Å². The van der Waals surface area contributed by atoms with Gasteiger partial charge in [0.1, 0.15) is 0 Å². The van der Waals surface area contributed by atoms with Crippen molar-refractivity contribution in [1.82, 2.24) is 29.1 Å². The summed E-state index contributed by atoms with van der Waals surface area (Å²) in [6.07, 6.45) is 10.9. The van der Waals surface area contributed by atoms with Crippen LogP contribution in [0.1, 0.15) is 13.8 Å². The van der Waals surface area contributed by atoms with E-state index < -0.39 is 0 Å². The number of para-hydroxylation sites is 2. The van der Waals surface area contributed by atoms with Crippen LogP contribution in [-0.4, -0.2) is 29.1 Å². The Morgan fingerprint density at radius 1 is 0.590 bits per heavy atom. The standard InChI is InChI=1S/C15H13N3O.C14H11N3O.C2H6/c1-17-10-13(9-16-17)12-7-8-15(19)18(11-12)14-5-3-2-4-6-14;18-14-7-6-11(12-8-15-16-9-12)10-17(14)13-4-2-1-3-5-13;1-2/h2-11H,1H3;1-10H,(H,15,16);1-2H3. The summed E-state index contributed by atoms with van der Waals surface area (Å²) >= 11 is 0. The first-order chi connectivity index (χ1) is 19.1. The van der Waals surface area contributed by atoms with Crippen molar-refractivity contribution in [3.63, 3.8) is 0 Å². The summed E-state index contributed by atoms with van der Waals surface area (Å²) in [6, 6.07) is 25.9. The molecule has 0 aliphatic rings. The Morgan fingerprint density at radius 3 is 1.54 bits per heavy atom. The number of aromatic nitrogens is 6. The van der Waals surface area contributed by atoms with Crippen molar-refractivity contribution >= 4 is 0 Å². The molecule has 0 atom stereocenters. The summed E-state index contributed by atoms with van der Waals surface area (Å²) in [7, 11) is 1.87. The molecule has 6 rings (SSSR count). The maximum atomic E-state index is 12.0. The number of pyridine rings is 2. The van der Waals surface area contributed by atoms with E-state index in [1.165, 1.54) is 0 Å². The SMILES string of the molecule is CC.Cn1cc(-c2ccc(=O)n(-c3ccccc3)c2)cn1.O=c1ccc(-c2cn[nH]c2)cn1-c1ccccc1. The van der Waals surface area contributed by atoms with Gasteiger partial charge in [0.2, 0.25) is 0 Å². The molecule has 1 N–H and O–H groups in total. The summed E-state index contributed by atoms with van der Waals surface area (Å²) in [5.74, 6) is 0. The third-order valence-corrected chi connectivity index (χ3v) is 5.76. The topological polar surface area (TPSA) is 90.5 Å². The molecular weight excluding hydrogens is 488 g/mol. The first-order valence-electron chi connectivity index (χ1n) is 12.6. The van der Waals surface area contributed by atoms with Gasteiger partial charge < -0.3 is 0 Å². The number of aryl methyl sites for hydroxylation is 1. The first kappa shape index (κ1) is 26.8. The molecule has 0 unspecified atom stereocenters. The zero-order chi connectivity index (χ0) is 27.6. The van der Waals surface area contributed by atoms with Gasteiger partial charge in [-0.3, -0.25) is 28.5 Å². The quantitative estimate of drug-likeness (QED) is 0.334. The van der Waals surface area contributed by atoms with Gasteiger partial charge in [-0.1, -0.05) is 50.2 Å². The van der Waals surface area contributed by atoms with E-state index in [2.05, 4.69) is 15.3 Å². The van der Waals surface area contributed by atoms with Crippen LogP contribution < -0.4 is 11.1 Å². The first-order valence-corrected chi connectivity index (χ1v) is 12.6. The van der Waals surface area contributed by atoms with Crippen molar-refractivity contribution in [3.05, 3.63) is 143 Å². The van der Waals surface area contributed by atoms with Gasteiger partial charge in [-0.25, -0.2) is 0 Å². The highest BCUT2D eigenvalue weighted by atomic mass is 16.1. The lowest BCUT2D eigenvalue weighted by Gasteiger charge is -2.07. The fourth-order valence-corrected chi connectivity index (χ4v) is 3.88. The predicted octanol–water partition coefficient (Wildman–Crippen LogP) is 5.49. The second kappa shape index (κ2) is 12.8. The average Bonchev–Trinajstić information content (AvgIpc) is 3.69. The van der Waals surface area contributed by atoms with Crippen LogP contribution in [0.25, 0.3) is 33.6 Å².